The standard InChI is InChI=1S/C15H29NO2/c1-12(2)6-5-11-18-14-7-9-16(10-8-14)15(17)13(3)4/h12-14H,5-11H2,1-4H3. The Morgan fingerprint density at radius 3 is 2.33 bits per heavy atom. The van der Waals surface area contributed by atoms with E-state index in [1.54, 1.807) is 0 Å². The quantitative estimate of drug-likeness (QED) is 0.683. The first kappa shape index (κ1) is 15.5. The molecule has 0 spiro atoms. The lowest BCUT2D eigenvalue weighted by atomic mass is 10.1. The number of ether oxygens (including phenoxy) is 1. The van der Waals surface area contributed by atoms with Gasteiger partial charge in [0.2, 0.25) is 5.91 Å². The summed E-state index contributed by atoms with van der Waals surface area (Å²) in [6.07, 6.45) is 4.77. The van der Waals surface area contributed by atoms with Crippen molar-refractivity contribution in [2.24, 2.45) is 11.8 Å². The smallest absolute Gasteiger partial charge is 0.225 e. The molecule has 0 aromatic heterocycles. The van der Waals surface area contributed by atoms with Gasteiger partial charge < -0.3 is 9.64 Å². The van der Waals surface area contributed by atoms with E-state index in [0.717, 1.165) is 44.9 Å². The van der Waals surface area contributed by atoms with E-state index in [4.69, 9.17) is 4.74 Å². The van der Waals surface area contributed by atoms with Crippen LogP contribution < -0.4 is 0 Å². The van der Waals surface area contributed by atoms with E-state index in [1.165, 1.54) is 6.42 Å². The third-order valence-corrected chi connectivity index (χ3v) is 3.53. The summed E-state index contributed by atoms with van der Waals surface area (Å²) >= 11 is 0. The minimum absolute atomic E-state index is 0.119. The third-order valence-electron chi connectivity index (χ3n) is 3.53. The molecule has 1 aliphatic rings. The van der Waals surface area contributed by atoms with Crippen molar-refractivity contribution in [3.05, 3.63) is 0 Å². The largest absolute Gasteiger partial charge is 0.378 e. The minimum atomic E-state index is 0.119. The molecule has 3 heteroatoms. The van der Waals surface area contributed by atoms with Crippen LogP contribution in [0, 0.1) is 11.8 Å². The van der Waals surface area contributed by atoms with Gasteiger partial charge in [0, 0.05) is 25.6 Å². The van der Waals surface area contributed by atoms with Gasteiger partial charge in [0.1, 0.15) is 0 Å². The van der Waals surface area contributed by atoms with E-state index in [-0.39, 0.29) is 11.8 Å². The van der Waals surface area contributed by atoms with Crippen LogP contribution in [-0.2, 0) is 9.53 Å². The average molecular weight is 255 g/mol. The van der Waals surface area contributed by atoms with Crippen molar-refractivity contribution in [3.63, 3.8) is 0 Å². The van der Waals surface area contributed by atoms with Gasteiger partial charge in [0.15, 0.2) is 0 Å². The van der Waals surface area contributed by atoms with Crippen LogP contribution in [0.1, 0.15) is 53.4 Å². The van der Waals surface area contributed by atoms with Crippen LogP contribution in [0.25, 0.3) is 0 Å². The molecule has 0 N–H and O–H groups in total. The SMILES string of the molecule is CC(C)CCCOC1CCN(C(=O)C(C)C)CC1. The fourth-order valence-corrected chi connectivity index (χ4v) is 2.35. The molecule has 0 unspecified atom stereocenters. The summed E-state index contributed by atoms with van der Waals surface area (Å²) in [4.78, 5) is 13.8. The van der Waals surface area contributed by atoms with E-state index in [0.29, 0.717) is 6.10 Å². The molecule has 3 nitrogen and oxygen atoms in total. The van der Waals surface area contributed by atoms with Crippen molar-refractivity contribution in [3.8, 4) is 0 Å². The van der Waals surface area contributed by atoms with E-state index in [2.05, 4.69) is 13.8 Å². The molecule has 0 aromatic carbocycles. The fraction of sp³-hybridized carbons (Fsp3) is 0.933. The second-order valence-electron chi connectivity index (χ2n) is 6.09. The second kappa shape index (κ2) is 7.78. The Kier molecular flexibility index (Phi) is 6.69. The predicted molar refractivity (Wildman–Crippen MR) is 74.5 cm³/mol. The normalized spacial score (nSPS) is 17.8. The Hall–Kier alpha value is -0.570. The van der Waals surface area contributed by atoms with Crippen LogP contribution in [0.3, 0.4) is 0 Å². The maximum Gasteiger partial charge on any atom is 0.225 e. The summed E-state index contributed by atoms with van der Waals surface area (Å²) in [5.41, 5.74) is 0. The van der Waals surface area contributed by atoms with Gasteiger partial charge in [0.05, 0.1) is 6.10 Å². The zero-order valence-corrected chi connectivity index (χ0v) is 12.4. The fourth-order valence-electron chi connectivity index (χ4n) is 2.35. The van der Waals surface area contributed by atoms with Gasteiger partial charge in [0.25, 0.3) is 0 Å². The zero-order chi connectivity index (χ0) is 13.5. The molecule has 0 atom stereocenters. The van der Waals surface area contributed by atoms with E-state index in [1.807, 2.05) is 18.7 Å². The van der Waals surface area contributed by atoms with Gasteiger partial charge in [-0.3, -0.25) is 4.79 Å². The van der Waals surface area contributed by atoms with Gasteiger partial charge in [-0.05, 0) is 31.6 Å². The van der Waals surface area contributed by atoms with Gasteiger partial charge in [-0.1, -0.05) is 27.7 Å². The molecule has 0 bridgehead atoms. The van der Waals surface area contributed by atoms with Crippen molar-refractivity contribution in [1.29, 1.82) is 0 Å². The van der Waals surface area contributed by atoms with Gasteiger partial charge in [-0.25, -0.2) is 0 Å². The van der Waals surface area contributed by atoms with E-state index in [9.17, 15) is 4.79 Å². The number of piperidine rings is 1. The molecule has 0 aliphatic carbocycles. The first-order valence-corrected chi connectivity index (χ1v) is 7.41. The molecular formula is C15H29NO2. The van der Waals surface area contributed by atoms with Gasteiger partial charge >= 0.3 is 0 Å². The highest BCUT2D eigenvalue weighted by molar-refractivity contribution is 5.78. The van der Waals surface area contributed by atoms with Crippen molar-refractivity contribution in [2.75, 3.05) is 19.7 Å². The monoisotopic (exact) mass is 255 g/mol. The average Bonchev–Trinajstić information content (AvgIpc) is 2.34. The van der Waals surface area contributed by atoms with Crippen molar-refractivity contribution in [1.82, 2.24) is 4.90 Å². The number of hydrogen-bond donors (Lipinski definition) is 0. The van der Waals surface area contributed by atoms with Gasteiger partial charge in [-0.2, -0.15) is 0 Å². The maximum absolute atomic E-state index is 11.8. The minimum Gasteiger partial charge on any atom is -0.378 e. The Labute approximate surface area is 112 Å². The molecule has 1 fully saturated rings. The highest BCUT2D eigenvalue weighted by Gasteiger charge is 2.24. The van der Waals surface area contributed by atoms with Crippen LogP contribution in [-0.4, -0.2) is 36.6 Å². The number of hydrogen-bond acceptors (Lipinski definition) is 2. The zero-order valence-electron chi connectivity index (χ0n) is 12.4. The molecule has 106 valence electrons. The summed E-state index contributed by atoms with van der Waals surface area (Å²) in [5.74, 6) is 1.17. The molecule has 1 amide bonds. The van der Waals surface area contributed by atoms with Gasteiger partial charge in [-0.15, -0.1) is 0 Å². The maximum atomic E-state index is 11.8. The molecule has 0 saturated carbocycles. The lowest BCUT2D eigenvalue weighted by Gasteiger charge is -2.33. The molecule has 1 aliphatic heterocycles. The van der Waals surface area contributed by atoms with E-state index < -0.39 is 0 Å². The second-order valence-corrected chi connectivity index (χ2v) is 6.09. The molecule has 1 saturated heterocycles. The Bertz CT molecular complexity index is 243. The Balaban J connectivity index is 2.14. The molecule has 18 heavy (non-hydrogen) atoms. The Morgan fingerprint density at radius 2 is 1.83 bits per heavy atom. The summed E-state index contributed by atoms with van der Waals surface area (Å²) in [6.45, 7) is 11.0. The number of nitrogens with zero attached hydrogens (tertiary/aromatic N) is 1. The van der Waals surface area contributed by atoms with Crippen LogP contribution >= 0.6 is 0 Å². The number of carbonyl (C=O) groups excluding carboxylic acids is 1. The van der Waals surface area contributed by atoms with Crippen molar-refractivity contribution in [2.45, 2.75) is 59.5 Å². The number of likely N-dealkylation sites (tertiary alicyclic amines) is 1. The van der Waals surface area contributed by atoms with E-state index >= 15 is 0 Å². The number of carbonyl (C=O) groups is 1. The summed E-state index contributed by atoms with van der Waals surface area (Å²) in [5, 5.41) is 0. The molecule has 0 aromatic rings. The molecule has 1 rings (SSSR count). The molecule has 0 radical (unpaired) electrons. The summed E-state index contributed by atoms with van der Waals surface area (Å²) < 4.78 is 5.88. The summed E-state index contributed by atoms with van der Waals surface area (Å²) in [7, 11) is 0. The van der Waals surface area contributed by atoms with Crippen molar-refractivity contribution >= 4 is 5.91 Å². The summed E-state index contributed by atoms with van der Waals surface area (Å²) in [6, 6.07) is 0. The number of rotatable bonds is 6. The first-order valence-electron chi connectivity index (χ1n) is 7.41. The highest BCUT2D eigenvalue weighted by atomic mass is 16.5. The third kappa shape index (κ3) is 5.38. The lowest BCUT2D eigenvalue weighted by molar-refractivity contribution is -0.137. The highest BCUT2D eigenvalue weighted by Crippen LogP contribution is 2.16. The molecule has 1 heterocycles. The molecular weight excluding hydrogens is 226 g/mol. The van der Waals surface area contributed by atoms with Crippen LogP contribution in [0.5, 0.6) is 0 Å². The lowest BCUT2D eigenvalue weighted by Crippen LogP contribution is -2.42. The van der Waals surface area contributed by atoms with Crippen LogP contribution in [0.15, 0.2) is 0 Å². The Morgan fingerprint density at radius 1 is 1.22 bits per heavy atom. The topological polar surface area (TPSA) is 29.5 Å². The first-order chi connectivity index (χ1) is 8.50. The predicted octanol–water partition coefficient (Wildman–Crippen LogP) is 3.09. The van der Waals surface area contributed by atoms with Crippen molar-refractivity contribution < 1.29 is 9.53 Å². The van der Waals surface area contributed by atoms with Crippen LogP contribution in [0.4, 0.5) is 0 Å². The van der Waals surface area contributed by atoms with Crippen LogP contribution in [0.2, 0.25) is 0 Å². The number of amides is 1.